The minimum atomic E-state index is 0.590. The summed E-state index contributed by atoms with van der Waals surface area (Å²) in [5.41, 5.74) is 33.9. The Morgan fingerprint density at radius 2 is 0.645 bits per heavy atom. The van der Waals surface area contributed by atoms with Crippen molar-refractivity contribution in [2.24, 2.45) is 0 Å². The van der Waals surface area contributed by atoms with Crippen molar-refractivity contribution < 1.29 is 0 Å². The summed E-state index contributed by atoms with van der Waals surface area (Å²) < 4.78 is 4.82. The number of aryl methyl sites for hydroxylation is 12. The first-order valence-electron chi connectivity index (χ1n) is 26.6. The van der Waals surface area contributed by atoms with Crippen LogP contribution in [0.15, 0.2) is 158 Å². The van der Waals surface area contributed by atoms with Crippen molar-refractivity contribution >= 4 is 43.6 Å². The number of hydrogen-bond acceptors (Lipinski definition) is 2. The molecular formula is C72H62N4. The summed E-state index contributed by atoms with van der Waals surface area (Å²) in [4.78, 5) is 4.89. The first kappa shape index (κ1) is 48.2. The molecule has 12 aromatic rings. The molecular weight excluding hydrogens is 921 g/mol. The summed E-state index contributed by atoms with van der Waals surface area (Å²) >= 11 is 0. The lowest BCUT2D eigenvalue weighted by Gasteiger charge is -2.19. The fourth-order valence-corrected chi connectivity index (χ4v) is 13.5. The van der Waals surface area contributed by atoms with Crippen LogP contribution in [0.25, 0.3) is 111 Å². The first-order chi connectivity index (χ1) is 36.6. The number of fused-ring (bicyclic) bond motifs is 6. The van der Waals surface area contributed by atoms with Crippen LogP contribution in [0.5, 0.6) is 0 Å². The van der Waals surface area contributed by atoms with Gasteiger partial charge in [0.1, 0.15) is 0 Å². The normalized spacial score (nSPS) is 11.7. The summed E-state index contributed by atoms with van der Waals surface area (Å²) in [6.07, 6.45) is 3.89. The molecule has 4 nitrogen and oxygen atoms in total. The SMILES string of the molecule is Cc1cc(C)c(-c2ccc3c(c2)c2cc(-c4c(C)cc(C)cc4C)ccc2n3-c2ccc(C#N)cc2-c2ccncc2-n2c3ccc(-c4c(C)cc(C)cc4C)cc3c3cc(-c4c(C)cc(C)cc4C)ccc32)c(C)c1. The Kier molecular flexibility index (Phi) is 11.6. The van der Waals surface area contributed by atoms with Crippen LogP contribution in [0, 0.1) is 94.4 Å². The number of rotatable bonds is 7. The Balaban J connectivity index is 1.13. The first-order valence-corrected chi connectivity index (χ1v) is 26.6. The lowest BCUT2D eigenvalue weighted by Crippen LogP contribution is -2.02. The molecule has 76 heavy (non-hydrogen) atoms. The number of nitrogens with zero attached hydrogens (tertiary/aromatic N) is 4. The van der Waals surface area contributed by atoms with Crippen LogP contribution in [-0.2, 0) is 0 Å². The average molecular weight is 983 g/mol. The largest absolute Gasteiger partial charge is 0.309 e. The lowest BCUT2D eigenvalue weighted by molar-refractivity contribution is 1.13. The van der Waals surface area contributed by atoms with E-state index in [1.54, 1.807) is 0 Å². The highest BCUT2D eigenvalue weighted by Crippen LogP contribution is 2.45. The van der Waals surface area contributed by atoms with Gasteiger partial charge in [-0.25, -0.2) is 0 Å². The maximum atomic E-state index is 10.7. The molecule has 9 aromatic carbocycles. The summed E-state index contributed by atoms with van der Waals surface area (Å²) in [5, 5.41) is 15.4. The van der Waals surface area contributed by atoms with Gasteiger partial charge >= 0.3 is 0 Å². The standard InChI is InChI=1S/C72H62N4/c1-40-25-44(5)69(45(6)26-40)53-14-19-64-59(34-53)60-35-54(70-46(7)27-41(2)28-47(70)8)15-20-65(60)75(64)63-18-13-52(38-73)33-58(63)57-23-24-74-39-68(57)76-66-21-16-55(71-48(9)29-42(3)30-49(71)10)36-61(66)62-37-56(17-22-67(62)76)72-50(11)31-43(4)32-51(72)12/h13-37,39H,1-12H3. The molecule has 0 saturated heterocycles. The van der Waals surface area contributed by atoms with Gasteiger partial charge in [-0.3, -0.25) is 4.98 Å². The number of benzene rings is 9. The number of nitriles is 1. The molecule has 0 bridgehead atoms. The minimum absolute atomic E-state index is 0.590. The van der Waals surface area contributed by atoms with Crippen molar-refractivity contribution in [2.75, 3.05) is 0 Å². The molecule has 0 aliphatic rings. The highest BCUT2D eigenvalue weighted by Gasteiger charge is 2.24. The Bertz CT molecular complexity index is 4160. The van der Waals surface area contributed by atoms with Gasteiger partial charge in [-0.2, -0.15) is 5.26 Å². The summed E-state index contributed by atoms with van der Waals surface area (Å²) in [6.45, 7) is 26.5. The minimum Gasteiger partial charge on any atom is -0.309 e. The van der Waals surface area contributed by atoms with Crippen molar-refractivity contribution in [3.8, 4) is 73.1 Å². The second-order valence-corrected chi connectivity index (χ2v) is 21.9. The molecule has 0 aliphatic carbocycles. The van der Waals surface area contributed by atoms with E-state index in [0.717, 1.165) is 44.6 Å². The molecule has 3 aromatic heterocycles. The van der Waals surface area contributed by atoms with Crippen LogP contribution in [0.3, 0.4) is 0 Å². The maximum absolute atomic E-state index is 10.7. The maximum Gasteiger partial charge on any atom is 0.0991 e. The van der Waals surface area contributed by atoms with E-state index in [1.807, 2.05) is 18.5 Å². The quantitative estimate of drug-likeness (QED) is 0.160. The molecule has 0 radical (unpaired) electrons. The van der Waals surface area contributed by atoms with Crippen molar-refractivity contribution in [1.29, 1.82) is 5.26 Å². The highest BCUT2D eigenvalue weighted by molar-refractivity contribution is 6.14. The zero-order valence-corrected chi connectivity index (χ0v) is 45.8. The Labute approximate surface area is 447 Å². The molecule has 0 unspecified atom stereocenters. The van der Waals surface area contributed by atoms with Gasteiger partial charge in [0, 0.05) is 38.9 Å². The molecule has 4 heteroatoms. The topological polar surface area (TPSA) is 46.5 Å². The lowest BCUT2D eigenvalue weighted by atomic mass is 9.91. The molecule has 0 N–H and O–H groups in total. The fraction of sp³-hybridized carbons (Fsp3) is 0.167. The van der Waals surface area contributed by atoms with Crippen LogP contribution in [0.1, 0.15) is 72.3 Å². The number of hydrogen-bond donors (Lipinski definition) is 0. The van der Waals surface area contributed by atoms with Crippen molar-refractivity contribution in [2.45, 2.75) is 83.1 Å². The molecule has 0 amide bonds. The van der Waals surface area contributed by atoms with E-state index in [4.69, 9.17) is 4.98 Å². The third-order valence-electron chi connectivity index (χ3n) is 16.1. The zero-order chi connectivity index (χ0) is 53.0. The van der Waals surface area contributed by atoms with E-state index >= 15 is 0 Å². The molecule has 3 heterocycles. The van der Waals surface area contributed by atoms with Gasteiger partial charge in [0.15, 0.2) is 0 Å². The molecule has 0 aliphatic heterocycles. The van der Waals surface area contributed by atoms with Gasteiger partial charge in [0.05, 0.1) is 51.3 Å². The van der Waals surface area contributed by atoms with Crippen LogP contribution in [0.4, 0.5) is 0 Å². The van der Waals surface area contributed by atoms with Crippen molar-refractivity contribution in [1.82, 2.24) is 14.1 Å². The van der Waals surface area contributed by atoms with Crippen LogP contribution < -0.4 is 0 Å². The predicted octanol–water partition coefficient (Wildman–Crippen LogP) is 19.2. The average Bonchev–Trinajstić information content (AvgIpc) is 3.90. The fourth-order valence-electron chi connectivity index (χ4n) is 13.5. The Morgan fingerprint density at radius 1 is 0.329 bits per heavy atom. The van der Waals surface area contributed by atoms with Crippen LogP contribution >= 0.6 is 0 Å². The van der Waals surface area contributed by atoms with Crippen LogP contribution in [0.2, 0.25) is 0 Å². The molecule has 370 valence electrons. The second kappa shape index (κ2) is 18.3. The Hall–Kier alpha value is -8.78. The molecule has 0 spiro atoms. The predicted molar refractivity (Wildman–Crippen MR) is 322 cm³/mol. The van der Waals surface area contributed by atoms with Gasteiger partial charge in [0.25, 0.3) is 0 Å². The Morgan fingerprint density at radius 3 is 0.961 bits per heavy atom. The third kappa shape index (κ3) is 7.84. The summed E-state index contributed by atoms with van der Waals surface area (Å²) in [5.74, 6) is 0. The molecule has 12 rings (SSSR count). The van der Waals surface area contributed by atoms with Crippen molar-refractivity contribution in [3.63, 3.8) is 0 Å². The van der Waals surface area contributed by atoms with E-state index in [2.05, 4.69) is 238 Å². The molecule has 0 saturated carbocycles. The molecule has 0 atom stereocenters. The van der Waals surface area contributed by atoms with E-state index < -0.39 is 0 Å². The van der Waals surface area contributed by atoms with E-state index in [1.165, 1.54) is 133 Å². The van der Waals surface area contributed by atoms with Gasteiger partial charge in [-0.1, -0.05) is 95.1 Å². The van der Waals surface area contributed by atoms with Crippen LogP contribution in [-0.4, -0.2) is 14.1 Å². The van der Waals surface area contributed by atoms with Gasteiger partial charge in [-0.15, -0.1) is 0 Å². The van der Waals surface area contributed by atoms with E-state index in [-0.39, 0.29) is 0 Å². The zero-order valence-electron chi connectivity index (χ0n) is 45.8. The highest BCUT2D eigenvalue weighted by atomic mass is 15.0. The smallest absolute Gasteiger partial charge is 0.0991 e. The summed E-state index contributed by atoms with van der Waals surface area (Å²) in [6, 6.07) is 57.1. The summed E-state index contributed by atoms with van der Waals surface area (Å²) in [7, 11) is 0. The van der Waals surface area contributed by atoms with Gasteiger partial charge in [-0.05, 0) is 245 Å². The molecule has 0 fully saturated rings. The number of aromatic nitrogens is 3. The van der Waals surface area contributed by atoms with Gasteiger partial charge in [0.2, 0.25) is 0 Å². The number of pyridine rings is 1. The second-order valence-electron chi connectivity index (χ2n) is 21.9. The van der Waals surface area contributed by atoms with E-state index in [0.29, 0.717) is 5.56 Å². The van der Waals surface area contributed by atoms with E-state index in [9.17, 15) is 5.26 Å². The van der Waals surface area contributed by atoms with Gasteiger partial charge < -0.3 is 9.13 Å². The van der Waals surface area contributed by atoms with Crippen molar-refractivity contribution in [3.05, 3.63) is 230 Å². The monoisotopic (exact) mass is 982 g/mol. The third-order valence-corrected chi connectivity index (χ3v) is 16.1.